The molecule has 0 spiro atoms. The lowest BCUT2D eigenvalue weighted by molar-refractivity contribution is 0.696. The van der Waals surface area contributed by atoms with Crippen molar-refractivity contribution < 1.29 is 0 Å². The van der Waals surface area contributed by atoms with Gasteiger partial charge in [-0.1, -0.05) is 13.0 Å². The SMILES string of the molecule is CCC(Cc1cccs1)Nc1cccnc1. The Hall–Kier alpha value is -1.35. The van der Waals surface area contributed by atoms with E-state index in [0.29, 0.717) is 6.04 Å². The van der Waals surface area contributed by atoms with Crippen LogP contribution < -0.4 is 5.32 Å². The summed E-state index contributed by atoms with van der Waals surface area (Å²) in [6.07, 6.45) is 5.87. The predicted molar refractivity (Wildman–Crippen MR) is 70.0 cm³/mol. The van der Waals surface area contributed by atoms with E-state index in [2.05, 4.69) is 40.8 Å². The van der Waals surface area contributed by atoms with Gasteiger partial charge in [0.25, 0.3) is 0 Å². The third kappa shape index (κ3) is 3.07. The fraction of sp³-hybridized carbons (Fsp3) is 0.308. The Bertz CT molecular complexity index is 397. The van der Waals surface area contributed by atoms with E-state index < -0.39 is 0 Å². The monoisotopic (exact) mass is 232 g/mol. The van der Waals surface area contributed by atoms with Crippen molar-refractivity contribution in [2.24, 2.45) is 0 Å². The van der Waals surface area contributed by atoms with E-state index in [1.165, 1.54) is 4.88 Å². The fourth-order valence-corrected chi connectivity index (χ4v) is 2.44. The third-order valence-electron chi connectivity index (χ3n) is 2.55. The maximum absolute atomic E-state index is 4.11. The molecule has 0 fully saturated rings. The summed E-state index contributed by atoms with van der Waals surface area (Å²) in [5, 5.41) is 5.64. The summed E-state index contributed by atoms with van der Waals surface area (Å²) in [6.45, 7) is 2.21. The quantitative estimate of drug-likeness (QED) is 0.852. The van der Waals surface area contributed by atoms with Gasteiger partial charge >= 0.3 is 0 Å². The van der Waals surface area contributed by atoms with Crippen molar-refractivity contribution in [2.45, 2.75) is 25.8 Å². The second-order valence-electron chi connectivity index (χ2n) is 3.77. The first kappa shape index (κ1) is 11.1. The number of hydrogen-bond donors (Lipinski definition) is 1. The first-order valence-electron chi connectivity index (χ1n) is 5.57. The fourth-order valence-electron chi connectivity index (χ4n) is 1.65. The van der Waals surface area contributed by atoms with Crippen LogP contribution in [0.4, 0.5) is 5.69 Å². The van der Waals surface area contributed by atoms with Gasteiger partial charge in [0.15, 0.2) is 0 Å². The highest BCUT2D eigenvalue weighted by molar-refractivity contribution is 7.09. The molecule has 2 rings (SSSR count). The summed E-state index contributed by atoms with van der Waals surface area (Å²) >= 11 is 1.82. The molecule has 2 heterocycles. The number of hydrogen-bond acceptors (Lipinski definition) is 3. The molecule has 0 aliphatic rings. The molecule has 1 unspecified atom stereocenters. The number of nitrogens with one attached hydrogen (secondary N) is 1. The minimum Gasteiger partial charge on any atom is -0.381 e. The summed E-state index contributed by atoms with van der Waals surface area (Å²) in [5.41, 5.74) is 1.10. The second kappa shape index (κ2) is 5.66. The van der Waals surface area contributed by atoms with E-state index in [9.17, 15) is 0 Å². The zero-order chi connectivity index (χ0) is 11.2. The molecule has 0 aromatic carbocycles. The normalized spacial score (nSPS) is 12.3. The van der Waals surface area contributed by atoms with Crippen molar-refractivity contribution >= 4 is 17.0 Å². The number of anilines is 1. The number of thiophene rings is 1. The summed E-state index contributed by atoms with van der Waals surface area (Å²) in [7, 11) is 0. The molecule has 2 nitrogen and oxygen atoms in total. The molecule has 0 radical (unpaired) electrons. The van der Waals surface area contributed by atoms with Gasteiger partial charge in [0, 0.05) is 29.7 Å². The van der Waals surface area contributed by atoms with E-state index in [-0.39, 0.29) is 0 Å². The van der Waals surface area contributed by atoms with Gasteiger partial charge in [-0.05, 0) is 30.0 Å². The first-order valence-corrected chi connectivity index (χ1v) is 6.45. The van der Waals surface area contributed by atoms with Gasteiger partial charge in [-0.15, -0.1) is 11.3 Å². The lowest BCUT2D eigenvalue weighted by atomic mass is 10.1. The van der Waals surface area contributed by atoms with Crippen molar-refractivity contribution in [2.75, 3.05) is 5.32 Å². The summed E-state index contributed by atoms with van der Waals surface area (Å²) in [6, 6.07) is 8.81. The predicted octanol–water partition coefficient (Wildman–Crippen LogP) is 3.58. The number of aromatic nitrogens is 1. The number of rotatable bonds is 5. The van der Waals surface area contributed by atoms with Crippen LogP contribution in [-0.4, -0.2) is 11.0 Å². The van der Waals surface area contributed by atoms with Crippen molar-refractivity contribution in [1.82, 2.24) is 4.98 Å². The Kier molecular flexibility index (Phi) is 3.94. The molecule has 16 heavy (non-hydrogen) atoms. The molecule has 1 atom stereocenters. The molecule has 0 amide bonds. The second-order valence-corrected chi connectivity index (χ2v) is 4.81. The van der Waals surface area contributed by atoms with Crippen LogP contribution in [0.3, 0.4) is 0 Å². The lowest BCUT2D eigenvalue weighted by Crippen LogP contribution is -2.20. The highest BCUT2D eigenvalue weighted by Gasteiger charge is 2.07. The van der Waals surface area contributed by atoms with E-state index in [1.807, 2.05) is 23.6 Å². The van der Waals surface area contributed by atoms with E-state index in [0.717, 1.165) is 18.5 Å². The van der Waals surface area contributed by atoms with Crippen molar-refractivity contribution in [3.8, 4) is 0 Å². The van der Waals surface area contributed by atoms with Gasteiger partial charge < -0.3 is 5.32 Å². The van der Waals surface area contributed by atoms with Crippen LogP contribution in [0.5, 0.6) is 0 Å². The Morgan fingerprint density at radius 2 is 2.31 bits per heavy atom. The van der Waals surface area contributed by atoms with Crippen molar-refractivity contribution in [1.29, 1.82) is 0 Å². The standard InChI is InChI=1S/C13H16N2S/c1-2-11(9-13-6-4-8-16-13)15-12-5-3-7-14-10-12/h3-8,10-11,15H,2,9H2,1H3. The van der Waals surface area contributed by atoms with Gasteiger partial charge in [0.05, 0.1) is 5.69 Å². The van der Waals surface area contributed by atoms with Gasteiger partial charge in [0.2, 0.25) is 0 Å². The smallest absolute Gasteiger partial charge is 0.0528 e. The zero-order valence-corrected chi connectivity index (χ0v) is 10.2. The molecule has 2 aromatic heterocycles. The van der Waals surface area contributed by atoms with Gasteiger partial charge in [-0.2, -0.15) is 0 Å². The molecular weight excluding hydrogens is 216 g/mol. The average molecular weight is 232 g/mol. The molecule has 1 N–H and O–H groups in total. The highest BCUT2D eigenvalue weighted by atomic mass is 32.1. The maximum atomic E-state index is 4.11. The molecule has 84 valence electrons. The minimum absolute atomic E-state index is 0.489. The molecule has 0 bridgehead atoms. The van der Waals surface area contributed by atoms with E-state index in [1.54, 1.807) is 6.20 Å². The van der Waals surface area contributed by atoms with Crippen LogP contribution in [-0.2, 0) is 6.42 Å². The van der Waals surface area contributed by atoms with Crippen LogP contribution in [0, 0.1) is 0 Å². The zero-order valence-electron chi connectivity index (χ0n) is 9.39. The maximum Gasteiger partial charge on any atom is 0.0528 e. The van der Waals surface area contributed by atoms with E-state index >= 15 is 0 Å². The van der Waals surface area contributed by atoms with E-state index in [4.69, 9.17) is 0 Å². The number of pyridine rings is 1. The summed E-state index contributed by atoms with van der Waals surface area (Å²) in [5.74, 6) is 0. The average Bonchev–Trinajstić information content (AvgIpc) is 2.82. The highest BCUT2D eigenvalue weighted by Crippen LogP contribution is 2.15. The van der Waals surface area contributed by atoms with Crippen LogP contribution in [0.25, 0.3) is 0 Å². The Balaban J connectivity index is 1.96. The van der Waals surface area contributed by atoms with Gasteiger partial charge in [0.1, 0.15) is 0 Å². The Morgan fingerprint density at radius 3 is 2.94 bits per heavy atom. The number of nitrogens with zero attached hydrogens (tertiary/aromatic N) is 1. The largest absolute Gasteiger partial charge is 0.381 e. The topological polar surface area (TPSA) is 24.9 Å². The van der Waals surface area contributed by atoms with Crippen LogP contribution in [0.15, 0.2) is 42.0 Å². The first-order chi connectivity index (χ1) is 7.88. The van der Waals surface area contributed by atoms with Crippen molar-refractivity contribution in [3.05, 3.63) is 46.9 Å². The van der Waals surface area contributed by atoms with Crippen LogP contribution >= 0.6 is 11.3 Å². The van der Waals surface area contributed by atoms with Crippen LogP contribution in [0.2, 0.25) is 0 Å². The van der Waals surface area contributed by atoms with Gasteiger partial charge in [-0.3, -0.25) is 4.98 Å². The summed E-state index contributed by atoms with van der Waals surface area (Å²) < 4.78 is 0. The molecule has 0 saturated carbocycles. The summed E-state index contributed by atoms with van der Waals surface area (Å²) in [4.78, 5) is 5.54. The Morgan fingerprint density at radius 1 is 1.38 bits per heavy atom. The molecular formula is C13H16N2S. The molecule has 2 aromatic rings. The molecule has 0 saturated heterocycles. The molecule has 0 aliphatic carbocycles. The molecule has 0 aliphatic heterocycles. The molecule has 3 heteroatoms. The lowest BCUT2D eigenvalue weighted by Gasteiger charge is -2.17. The third-order valence-corrected chi connectivity index (χ3v) is 3.45. The van der Waals surface area contributed by atoms with Crippen molar-refractivity contribution in [3.63, 3.8) is 0 Å². The minimum atomic E-state index is 0.489. The Labute approximate surface area is 100 Å². The van der Waals surface area contributed by atoms with Gasteiger partial charge in [-0.25, -0.2) is 0 Å². The van der Waals surface area contributed by atoms with Crippen LogP contribution in [0.1, 0.15) is 18.2 Å².